The SMILES string of the molecule is CC(=O)N(C)c1ccccc1NC(=O)CCl. The molecule has 0 aliphatic rings. The molecule has 1 aromatic rings. The van der Waals surface area contributed by atoms with Crippen LogP contribution < -0.4 is 10.2 Å². The average Bonchev–Trinajstić information content (AvgIpc) is 2.28. The van der Waals surface area contributed by atoms with Gasteiger partial charge in [-0.05, 0) is 12.1 Å². The largest absolute Gasteiger partial charge is 0.323 e. The molecule has 0 aliphatic carbocycles. The lowest BCUT2D eigenvalue weighted by Gasteiger charge is -2.19. The summed E-state index contributed by atoms with van der Waals surface area (Å²) in [5, 5.41) is 2.63. The molecule has 0 spiro atoms. The highest BCUT2D eigenvalue weighted by molar-refractivity contribution is 6.29. The first-order chi connectivity index (χ1) is 7.56. The summed E-state index contributed by atoms with van der Waals surface area (Å²) in [6.07, 6.45) is 0. The second kappa shape index (κ2) is 5.51. The highest BCUT2D eigenvalue weighted by Crippen LogP contribution is 2.24. The standard InChI is InChI=1S/C11H13ClN2O2/c1-8(15)14(2)10-6-4-3-5-9(10)13-11(16)7-12/h3-6H,7H2,1-2H3,(H,13,16). The highest BCUT2D eigenvalue weighted by atomic mass is 35.5. The third-order valence-corrected chi connectivity index (χ3v) is 2.38. The van der Waals surface area contributed by atoms with E-state index in [0.717, 1.165) is 0 Å². The minimum Gasteiger partial charge on any atom is -0.323 e. The van der Waals surface area contributed by atoms with Gasteiger partial charge in [0.15, 0.2) is 0 Å². The molecule has 86 valence electrons. The molecule has 0 radical (unpaired) electrons. The molecule has 5 heteroatoms. The van der Waals surface area contributed by atoms with Crippen LogP contribution in [0.3, 0.4) is 0 Å². The number of halogens is 1. The van der Waals surface area contributed by atoms with E-state index in [0.29, 0.717) is 11.4 Å². The summed E-state index contributed by atoms with van der Waals surface area (Å²) >= 11 is 5.40. The quantitative estimate of drug-likeness (QED) is 0.820. The minimum absolute atomic E-state index is 0.104. The van der Waals surface area contributed by atoms with Gasteiger partial charge in [-0.15, -0.1) is 11.6 Å². The number of hydrogen-bond donors (Lipinski definition) is 1. The second-order valence-electron chi connectivity index (χ2n) is 3.28. The predicted molar refractivity (Wildman–Crippen MR) is 64.9 cm³/mol. The van der Waals surface area contributed by atoms with Crippen LogP contribution in [0.4, 0.5) is 11.4 Å². The zero-order valence-electron chi connectivity index (χ0n) is 9.16. The Kier molecular flexibility index (Phi) is 4.31. The van der Waals surface area contributed by atoms with Gasteiger partial charge in [0.2, 0.25) is 11.8 Å². The van der Waals surface area contributed by atoms with E-state index in [2.05, 4.69) is 5.32 Å². The summed E-state index contributed by atoms with van der Waals surface area (Å²) in [6.45, 7) is 1.46. The van der Waals surface area contributed by atoms with Crippen molar-refractivity contribution in [3.8, 4) is 0 Å². The first-order valence-corrected chi connectivity index (χ1v) is 5.29. The van der Waals surface area contributed by atoms with Crippen LogP contribution in [0, 0.1) is 0 Å². The van der Waals surface area contributed by atoms with E-state index >= 15 is 0 Å². The molecule has 1 rings (SSSR count). The number of carbonyl (C=O) groups excluding carboxylic acids is 2. The normalized spacial score (nSPS) is 9.69. The number of hydrogen-bond acceptors (Lipinski definition) is 2. The maximum Gasteiger partial charge on any atom is 0.239 e. The van der Waals surface area contributed by atoms with Gasteiger partial charge in [-0.1, -0.05) is 12.1 Å². The van der Waals surface area contributed by atoms with E-state index in [1.54, 1.807) is 31.3 Å². The Morgan fingerprint density at radius 3 is 2.56 bits per heavy atom. The van der Waals surface area contributed by atoms with Crippen molar-refractivity contribution in [1.29, 1.82) is 0 Å². The molecule has 0 atom stereocenters. The smallest absolute Gasteiger partial charge is 0.239 e. The van der Waals surface area contributed by atoms with Crippen molar-refractivity contribution in [1.82, 2.24) is 0 Å². The molecular formula is C11H13ClN2O2. The Bertz CT molecular complexity index is 407. The van der Waals surface area contributed by atoms with Gasteiger partial charge in [0.1, 0.15) is 5.88 Å². The van der Waals surface area contributed by atoms with Gasteiger partial charge in [0, 0.05) is 14.0 Å². The molecule has 0 aromatic heterocycles. The van der Waals surface area contributed by atoms with Gasteiger partial charge < -0.3 is 10.2 Å². The first-order valence-electron chi connectivity index (χ1n) is 4.75. The van der Waals surface area contributed by atoms with E-state index in [1.807, 2.05) is 0 Å². The maximum absolute atomic E-state index is 11.2. The van der Waals surface area contributed by atoms with Gasteiger partial charge in [-0.25, -0.2) is 0 Å². The van der Waals surface area contributed by atoms with Crippen molar-refractivity contribution >= 4 is 34.8 Å². The number of rotatable bonds is 3. The van der Waals surface area contributed by atoms with Crippen molar-refractivity contribution in [3.05, 3.63) is 24.3 Å². The Morgan fingerprint density at radius 2 is 2.00 bits per heavy atom. The molecule has 0 unspecified atom stereocenters. The third-order valence-electron chi connectivity index (χ3n) is 2.13. The molecular weight excluding hydrogens is 228 g/mol. The van der Waals surface area contributed by atoms with Gasteiger partial charge in [0.05, 0.1) is 11.4 Å². The van der Waals surface area contributed by atoms with Crippen molar-refractivity contribution in [2.45, 2.75) is 6.92 Å². The van der Waals surface area contributed by atoms with Crippen molar-refractivity contribution in [2.75, 3.05) is 23.1 Å². The Balaban J connectivity index is 3.00. The molecule has 0 saturated carbocycles. The number of amides is 2. The molecule has 0 bridgehead atoms. The first kappa shape index (κ1) is 12.5. The monoisotopic (exact) mass is 240 g/mol. The van der Waals surface area contributed by atoms with Gasteiger partial charge in [-0.2, -0.15) is 0 Å². The van der Waals surface area contributed by atoms with Gasteiger partial charge >= 0.3 is 0 Å². The molecule has 0 fully saturated rings. The third kappa shape index (κ3) is 2.97. The molecule has 16 heavy (non-hydrogen) atoms. The van der Waals surface area contributed by atoms with Crippen LogP contribution in [0.1, 0.15) is 6.92 Å². The number of alkyl halides is 1. The molecule has 0 heterocycles. The molecule has 4 nitrogen and oxygen atoms in total. The molecule has 0 saturated heterocycles. The van der Waals surface area contributed by atoms with Crippen LogP contribution in [-0.2, 0) is 9.59 Å². The summed E-state index contributed by atoms with van der Waals surface area (Å²) in [6, 6.07) is 7.05. The number of nitrogens with zero attached hydrogens (tertiary/aromatic N) is 1. The van der Waals surface area contributed by atoms with Crippen molar-refractivity contribution in [3.63, 3.8) is 0 Å². The van der Waals surface area contributed by atoms with Gasteiger partial charge in [0.25, 0.3) is 0 Å². The molecule has 1 N–H and O–H groups in total. The predicted octanol–water partition coefficient (Wildman–Crippen LogP) is 1.85. The lowest BCUT2D eigenvalue weighted by Crippen LogP contribution is -2.25. The number of anilines is 2. The number of carbonyl (C=O) groups is 2. The lowest BCUT2D eigenvalue weighted by atomic mass is 10.2. The Hall–Kier alpha value is -1.55. The van der Waals surface area contributed by atoms with E-state index in [1.165, 1.54) is 11.8 Å². The summed E-state index contributed by atoms with van der Waals surface area (Å²) < 4.78 is 0. The van der Waals surface area contributed by atoms with E-state index < -0.39 is 0 Å². The average molecular weight is 241 g/mol. The Labute approximate surface area is 99.2 Å². The summed E-state index contributed by atoms with van der Waals surface area (Å²) in [5.41, 5.74) is 1.22. The van der Waals surface area contributed by atoms with Crippen LogP contribution in [0.5, 0.6) is 0 Å². The summed E-state index contributed by atoms with van der Waals surface area (Å²) in [5.74, 6) is -0.517. The fourth-order valence-corrected chi connectivity index (χ4v) is 1.29. The number of nitrogens with one attached hydrogen (secondary N) is 1. The minimum atomic E-state index is -0.300. The zero-order valence-corrected chi connectivity index (χ0v) is 9.91. The molecule has 2 amide bonds. The van der Waals surface area contributed by atoms with Crippen LogP contribution in [0.25, 0.3) is 0 Å². The van der Waals surface area contributed by atoms with Crippen LogP contribution >= 0.6 is 11.6 Å². The van der Waals surface area contributed by atoms with Gasteiger partial charge in [-0.3, -0.25) is 9.59 Å². The topological polar surface area (TPSA) is 49.4 Å². The van der Waals surface area contributed by atoms with E-state index in [9.17, 15) is 9.59 Å². The van der Waals surface area contributed by atoms with Crippen molar-refractivity contribution in [2.24, 2.45) is 0 Å². The van der Waals surface area contributed by atoms with Crippen LogP contribution in [0.2, 0.25) is 0 Å². The van der Waals surface area contributed by atoms with E-state index in [-0.39, 0.29) is 17.7 Å². The second-order valence-corrected chi connectivity index (χ2v) is 3.54. The molecule has 0 aliphatic heterocycles. The van der Waals surface area contributed by atoms with E-state index in [4.69, 9.17) is 11.6 Å². The fraction of sp³-hybridized carbons (Fsp3) is 0.273. The van der Waals surface area contributed by atoms with Crippen LogP contribution in [-0.4, -0.2) is 24.7 Å². The van der Waals surface area contributed by atoms with Crippen LogP contribution in [0.15, 0.2) is 24.3 Å². The fourth-order valence-electron chi connectivity index (χ4n) is 1.23. The maximum atomic E-state index is 11.2. The molecule has 1 aromatic carbocycles. The Morgan fingerprint density at radius 1 is 1.38 bits per heavy atom. The summed E-state index contributed by atoms with van der Waals surface area (Å²) in [7, 11) is 1.65. The number of para-hydroxylation sites is 2. The zero-order chi connectivity index (χ0) is 12.1. The number of benzene rings is 1. The summed E-state index contributed by atoms with van der Waals surface area (Å²) in [4.78, 5) is 23.9. The van der Waals surface area contributed by atoms with Crippen molar-refractivity contribution < 1.29 is 9.59 Å². The highest BCUT2D eigenvalue weighted by Gasteiger charge is 2.11. The lowest BCUT2D eigenvalue weighted by molar-refractivity contribution is -0.116.